The lowest BCUT2D eigenvalue weighted by molar-refractivity contribution is 0.0118. The van der Waals surface area contributed by atoms with Gasteiger partial charge in [-0.1, -0.05) is 33.6 Å². The Morgan fingerprint density at radius 2 is 2.11 bits per heavy atom. The summed E-state index contributed by atoms with van der Waals surface area (Å²) in [6.45, 7) is 4.20. The zero-order valence-corrected chi connectivity index (χ0v) is 13.7. The number of hydrogen-bond donors (Lipinski definition) is 1. The Labute approximate surface area is 123 Å². The van der Waals surface area contributed by atoms with Crippen LogP contribution in [-0.4, -0.2) is 19.8 Å². The summed E-state index contributed by atoms with van der Waals surface area (Å²) in [7, 11) is 3.71. The second-order valence-electron chi connectivity index (χ2n) is 5.01. The first-order chi connectivity index (χ1) is 8.39. The van der Waals surface area contributed by atoms with Gasteiger partial charge in [0.2, 0.25) is 0 Å². The fraction of sp³-hybridized carbons (Fsp3) is 0.571. The Hall–Kier alpha value is -0.0900. The third-order valence-electron chi connectivity index (χ3n) is 3.27. The molecule has 0 spiro atoms. The summed E-state index contributed by atoms with van der Waals surface area (Å²) in [5.74, 6) is 0. The SMILES string of the molecule is CNC(CCC(C)(C)OC)c1ccc(Br)cc1Cl. The lowest BCUT2D eigenvalue weighted by atomic mass is 9.95. The molecule has 0 radical (unpaired) electrons. The van der Waals surface area contributed by atoms with Crippen LogP contribution in [0, 0.1) is 0 Å². The van der Waals surface area contributed by atoms with Gasteiger partial charge in [0.15, 0.2) is 0 Å². The van der Waals surface area contributed by atoms with Crippen LogP contribution < -0.4 is 5.32 Å². The fourth-order valence-electron chi connectivity index (χ4n) is 1.83. The molecular formula is C14H21BrClNO. The highest BCUT2D eigenvalue weighted by Crippen LogP contribution is 2.30. The molecule has 2 nitrogen and oxygen atoms in total. The molecular weight excluding hydrogens is 314 g/mol. The first-order valence-electron chi connectivity index (χ1n) is 6.07. The second kappa shape index (κ2) is 6.90. The van der Waals surface area contributed by atoms with E-state index in [1.165, 1.54) is 0 Å². The second-order valence-corrected chi connectivity index (χ2v) is 6.33. The van der Waals surface area contributed by atoms with Gasteiger partial charge in [0.25, 0.3) is 0 Å². The zero-order valence-electron chi connectivity index (χ0n) is 11.4. The van der Waals surface area contributed by atoms with E-state index in [-0.39, 0.29) is 11.6 Å². The van der Waals surface area contributed by atoms with Crippen LogP contribution in [0.15, 0.2) is 22.7 Å². The van der Waals surface area contributed by atoms with E-state index in [0.29, 0.717) is 0 Å². The molecule has 0 saturated carbocycles. The number of hydrogen-bond acceptors (Lipinski definition) is 2. The van der Waals surface area contributed by atoms with Crippen LogP contribution in [0.3, 0.4) is 0 Å². The Morgan fingerprint density at radius 1 is 1.44 bits per heavy atom. The molecule has 0 aliphatic rings. The lowest BCUT2D eigenvalue weighted by Gasteiger charge is -2.26. The van der Waals surface area contributed by atoms with E-state index in [1.54, 1.807) is 7.11 Å². The van der Waals surface area contributed by atoms with E-state index in [1.807, 2.05) is 19.2 Å². The maximum absolute atomic E-state index is 6.29. The smallest absolute Gasteiger partial charge is 0.0623 e. The topological polar surface area (TPSA) is 21.3 Å². The molecule has 102 valence electrons. The molecule has 1 atom stereocenters. The van der Waals surface area contributed by atoms with Crippen LogP contribution in [-0.2, 0) is 4.74 Å². The number of halogens is 2. The van der Waals surface area contributed by atoms with E-state index >= 15 is 0 Å². The highest BCUT2D eigenvalue weighted by molar-refractivity contribution is 9.10. The lowest BCUT2D eigenvalue weighted by Crippen LogP contribution is -2.26. The molecule has 0 bridgehead atoms. The van der Waals surface area contributed by atoms with Crippen molar-refractivity contribution in [3.05, 3.63) is 33.3 Å². The molecule has 0 saturated heterocycles. The Morgan fingerprint density at radius 3 is 2.61 bits per heavy atom. The van der Waals surface area contributed by atoms with Crippen LogP contribution in [0.2, 0.25) is 5.02 Å². The largest absolute Gasteiger partial charge is 0.379 e. The quantitative estimate of drug-likeness (QED) is 0.823. The van der Waals surface area contributed by atoms with E-state index in [0.717, 1.165) is 27.9 Å². The predicted octanol–water partition coefficient (Wildman–Crippen LogP) is 4.57. The number of methoxy groups -OCH3 is 1. The normalized spacial score (nSPS) is 13.7. The summed E-state index contributed by atoms with van der Waals surface area (Å²) in [6, 6.07) is 6.27. The van der Waals surface area contributed by atoms with E-state index in [2.05, 4.69) is 41.2 Å². The average Bonchev–Trinajstić information content (AvgIpc) is 2.32. The van der Waals surface area contributed by atoms with Gasteiger partial charge < -0.3 is 10.1 Å². The molecule has 0 heterocycles. The molecule has 0 amide bonds. The molecule has 1 aromatic carbocycles. The van der Waals surface area contributed by atoms with Crippen molar-refractivity contribution in [2.75, 3.05) is 14.2 Å². The molecule has 1 unspecified atom stereocenters. The van der Waals surface area contributed by atoms with E-state index < -0.39 is 0 Å². The van der Waals surface area contributed by atoms with Crippen molar-refractivity contribution in [3.8, 4) is 0 Å². The molecule has 18 heavy (non-hydrogen) atoms. The van der Waals surface area contributed by atoms with Crippen molar-refractivity contribution in [2.24, 2.45) is 0 Å². The number of benzene rings is 1. The number of rotatable bonds is 6. The number of nitrogens with one attached hydrogen (secondary N) is 1. The van der Waals surface area contributed by atoms with Crippen molar-refractivity contribution in [3.63, 3.8) is 0 Å². The molecule has 4 heteroatoms. The highest BCUT2D eigenvalue weighted by atomic mass is 79.9. The number of ether oxygens (including phenoxy) is 1. The summed E-state index contributed by atoms with van der Waals surface area (Å²) in [6.07, 6.45) is 1.96. The van der Waals surface area contributed by atoms with Gasteiger partial charge in [-0.05, 0) is 51.4 Å². The van der Waals surface area contributed by atoms with E-state index in [4.69, 9.17) is 16.3 Å². The minimum Gasteiger partial charge on any atom is -0.379 e. The Balaban J connectivity index is 2.77. The van der Waals surface area contributed by atoms with E-state index in [9.17, 15) is 0 Å². The summed E-state index contributed by atoms with van der Waals surface area (Å²) < 4.78 is 6.45. The summed E-state index contributed by atoms with van der Waals surface area (Å²) in [5, 5.41) is 4.11. The third-order valence-corrected chi connectivity index (χ3v) is 4.09. The van der Waals surface area contributed by atoms with Gasteiger partial charge in [-0.15, -0.1) is 0 Å². The fourth-order valence-corrected chi connectivity index (χ4v) is 2.64. The van der Waals surface area contributed by atoms with Crippen LogP contribution in [0.5, 0.6) is 0 Å². The molecule has 1 N–H and O–H groups in total. The minimum atomic E-state index is -0.100. The average molecular weight is 335 g/mol. The molecule has 1 aromatic rings. The third kappa shape index (κ3) is 4.54. The van der Waals surface area contributed by atoms with Gasteiger partial charge >= 0.3 is 0 Å². The standard InChI is InChI=1S/C14H21BrClNO/c1-14(2,18-4)8-7-13(17-3)11-6-5-10(15)9-12(11)16/h5-6,9,13,17H,7-8H2,1-4H3. The Bertz CT molecular complexity index is 395. The van der Waals surface area contributed by atoms with Gasteiger partial charge in [-0.2, -0.15) is 0 Å². The van der Waals surface area contributed by atoms with Gasteiger partial charge in [0.1, 0.15) is 0 Å². The maximum Gasteiger partial charge on any atom is 0.0623 e. The summed E-state index contributed by atoms with van der Waals surface area (Å²) >= 11 is 9.71. The van der Waals surface area contributed by atoms with Crippen molar-refractivity contribution >= 4 is 27.5 Å². The molecule has 0 aliphatic carbocycles. The van der Waals surface area contributed by atoms with Gasteiger partial charge in [-0.3, -0.25) is 0 Å². The minimum absolute atomic E-state index is 0.100. The summed E-state index contributed by atoms with van der Waals surface area (Å²) in [4.78, 5) is 0. The van der Waals surface area contributed by atoms with Crippen LogP contribution >= 0.6 is 27.5 Å². The monoisotopic (exact) mass is 333 g/mol. The predicted molar refractivity (Wildman–Crippen MR) is 81.3 cm³/mol. The molecule has 0 fully saturated rings. The van der Waals surface area contributed by atoms with Crippen molar-refractivity contribution in [1.82, 2.24) is 5.32 Å². The van der Waals surface area contributed by atoms with Crippen LogP contribution in [0.1, 0.15) is 38.3 Å². The van der Waals surface area contributed by atoms with Crippen LogP contribution in [0.4, 0.5) is 0 Å². The highest BCUT2D eigenvalue weighted by Gasteiger charge is 2.20. The Kier molecular flexibility index (Phi) is 6.12. The molecule has 1 rings (SSSR count). The molecule has 0 aromatic heterocycles. The first-order valence-corrected chi connectivity index (χ1v) is 7.24. The van der Waals surface area contributed by atoms with Crippen molar-refractivity contribution in [1.29, 1.82) is 0 Å². The van der Waals surface area contributed by atoms with Crippen molar-refractivity contribution in [2.45, 2.75) is 38.3 Å². The van der Waals surface area contributed by atoms with Crippen LogP contribution in [0.25, 0.3) is 0 Å². The van der Waals surface area contributed by atoms with Gasteiger partial charge in [0.05, 0.1) is 5.60 Å². The van der Waals surface area contributed by atoms with Crippen molar-refractivity contribution < 1.29 is 4.74 Å². The zero-order chi connectivity index (χ0) is 13.8. The maximum atomic E-state index is 6.29. The first kappa shape index (κ1) is 16.0. The molecule has 0 aliphatic heterocycles. The van der Waals surface area contributed by atoms with Gasteiger partial charge in [0, 0.05) is 22.6 Å². The van der Waals surface area contributed by atoms with Gasteiger partial charge in [-0.25, -0.2) is 0 Å². The summed E-state index contributed by atoms with van der Waals surface area (Å²) in [5.41, 5.74) is 1.03.